The Morgan fingerprint density at radius 1 is 1.47 bits per heavy atom. The van der Waals surface area contributed by atoms with Crippen LogP contribution in [0.4, 0.5) is 13.2 Å². The van der Waals surface area contributed by atoms with Crippen molar-refractivity contribution in [2.24, 2.45) is 0 Å². The minimum atomic E-state index is -4.30. The summed E-state index contributed by atoms with van der Waals surface area (Å²) in [7, 11) is 0. The summed E-state index contributed by atoms with van der Waals surface area (Å²) in [5.74, 6) is 0.911. The van der Waals surface area contributed by atoms with Crippen LogP contribution in [0, 0.1) is 0 Å². The zero-order valence-corrected chi connectivity index (χ0v) is 10.6. The van der Waals surface area contributed by atoms with Gasteiger partial charge in [-0.3, -0.25) is 0 Å². The molecule has 0 amide bonds. The number of hydrogen-bond acceptors (Lipinski definition) is 5. The van der Waals surface area contributed by atoms with Gasteiger partial charge in [-0.05, 0) is 19.9 Å². The van der Waals surface area contributed by atoms with Crippen LogP contribution in [0.3, 0.4) is 0 Å². The maximum atomic E-state index is 11.9. The average Bonchev–Trinajstić information content (AvgIpc) is 2.93. The van der Waals surface area contributed by atoms with Crippen molar-refractivity contribution >= 4 is 0 Å². The van der Waals surface area contributed by atoms with Crippen molar-refractivity contribution in [1.29, 1.82) is 0 Å². The largest absolute Gasteiger partial charge is 0.411 e. The van der Waals surface area contributed by atoms with Crippen molar-refractivity contribution in [3.8, 4) is 0 Å². The van der Waals surface area contributed by atoms with E-state index >= 15 is 0 Å². The summed E-state index contributed by atoms with van der Waals surface area (Å²) >= 11 is 0. The lowest BCUT2D eigenvalue weighted by Gasteiger charge is -2.15. The van der Waals surface area contributed by atoms with E-state index in [2.05, 4.69) is 20.2 Å². The van der Waals surface area contributed by atoms with Gasteiger partial charge in [0.05, 0.1) is 12.0 Å². The standard InChI is InChI=1S/C11H16F3N3O2/c1-10(3-4-15-6-10)9-16-8(17-19-9)2-5-18-7-11(12,13)14/h15H,2-7H2,1H3. The first-order valence-corrected chi connectivity index (χ1v) is 6.07. The molecule has 1 aromatic rings. The molecule has 0 radical (unpaired) electrons. The molecular formula is C11H16F3N3O2. The average molecular weight is 279 g/mol. The number of hydrogen-bond donors (Lipinski definition) is 1. The molecule has 1 saturated heterocycles. The number of halogens is 3. The fourth-order valence-electron chi connectivity index (χ4n) is 1.95. The Balaban J connectivity index is 1.81. The van der Waals surface area contributed by atoms with E-state index in [9.17, 15) is 13.2 Å². The van der Waals surface area contributed by atoms with E-state index < -0.39 is 12.8 Å². The van der Waals surface area contributed by atoms with Crippen LogP contribution in [-0.4, -0.2) is 42.6 Å². The van der Waals surface area contributed by atoms with E-state index in [0.717, 1.165) is 19.5 Å². The molecule has 0 spiro atoms. The van der Waals surface area contributed by atoms with Crippen molar-refractivity contribution in [3.63, 3.8) is 0 Å². The predicted molar refractivity (Wildman–Crippen MR) is 59.7 cm³/mol. The fraction of sp³-hybridized carbons (Fsp3) is 0.818. The molecule has 8 heteroatoms. The van der Waals surface area contributed by atoms with Gasteiger partial charge in [-0.1, -0.05) is 5.16 Å². The lowest BCUT2D eigenvalue weighted by atomic mass is 9.90. The lowest BCUT2D eigenvalue weighted by Crippen LogP contribution is -2.25. The quantitative estimate of drug-likeness (QED) is 0.826. The summed E-state index contributed by atoms with van der Waals surface area (Å²) in [6.45, 7) is 2.35. The summed E-state index contributed by atoms with van der Waals surface area (Å²) < 4.78 is 45.2. The molecule has 2 heterocycles. The molecule has 0 bridgehead atoms. The van der Waals surface area contributed by atoms with Gasteiger partial charge in [0.1, 0.15) is 6.61 Å². The van der Waals surface area contributed by atoms with Gasteiger partial charge >= 0.3 is 6.18 Å². The van der Waals surface area contributed by atoms with E-state index in [1.54, 1.807) is 0 Å². The molecule has 1 aliphatic heterocycles. The summed E-state index contributed by atoms with van der Waals surface area (Å²) in [5.41, 5.74) is -0.182. The van der Waals surface area contributed by atoms with Gasteiger partial charge < -0.3 is 14.6 Å². The van der Waals surface area contributed by atoms with Crippen LogP contribution in [0.15, 0.2) is 4.52 Å². The van der Waals surface area contributed by atoms with Crippen LogP contribution in [0.5, 0.6) is 0 Å². The fourth-order valence-corrected chi connectivity index (χ4v) is 1.95. The van der Waals surface area contributed by atoms with Gasteiger partial charge in [0.15, 0.2) is 5.82 Å². The van der Waals surface area contributed by atoms with Crippen LogP contribution in [0.1, 0.15) is 25.1 Å². The van der Waals surface area contributed by atoms with Crippen molar-refractivity contribution in [2.45, 2.75) is 31.4 Å². The first-order chi connectivity index (χ1) is 8.89. The molecule has 2 rings (SSSR count). The topological polar surface area (TPSA) is 60.2 Å². The molecule has 1 atom stereocenters. The molecule has 0 saturated carbocycles. The molecule has 0 aromatic carbocycles. The zero-order valence-electron chi connectivity index (χ0n) is 10.6. The van der Waals surface area contributed by atoms with E-state index in [4.69, 9.17) is 4.52 Å². The molecule has 1 aromatic heterocycles. The molecule has 1 unspecified atom stereocenters. The van der Waals surface area contributed by atoms with Crippen LogP contribution in [0.25, 0.3) is 0 Å². The van der Waals surface area contributed by atoms with Gasteiger partial charge in [0.25, 0.3) is 0 Å². The Kier molecular flexibility index (Phi) is 4.10. The molecule has 108 valence electrons. The smallest absolute Gasteiger partial charge is 0.372 e. The maximum absolute atomic E-state index is 11.9. The van der Waals surface area contributed by atoms with Gasteiger partial charge in [-0.2, -0.15) is 18.2 Å². The number of aromatic nitrogens is 2. The van der Waals surface area contributed by atoms with E-state index in [1.807, 2.05) is 6.92 Å². The van der Waals surface area contributed by atoms with Crippen LogP contribution < -0.4 is 5.32 Å². The van der Waals surface area contributed by atoms with E-state index in [-0.39, 0.29) is 18.4 Å². The van der Waals surface area contributed by atoms with Gasteiger partial charge in [-0.25, -0.2) is 0 Å². The third kappa shape index (κ3) is 3.90. The van der Waals surface area contributed by atoms with Gasteiger partial charge in [0, 0.05) is 13.0 Å². The Morgan fingerprint density at radius 2 is 2.26 bits per heavy atom. The molecule has 19 heavy (non-hydrogen) atoms. The van der Waals surface area contributed by atoms with Crippen molar-refractivity contribution < 1.29 is 22.4 Å². The second kappa shape index (κ2) is 5.46. The molecule has 1 aliphatic rings. The Bertz CT molecular complexity index is 414. The summed E-state index contributed by atoms with van der Waals surface area (Å²) in [6.07, 6.45) is -3.19. The van der Waals surface area contributed by atoms with Gasteiger partial charge in [0.2, 0.25) is 5.89 Å². The minimum absolute atomic E-state index is 0.0759. The van der Waals surface area contributed by atoms with Crippen molar-refractivity contribution in [1.82, 2.24) is 15.5 Å². The first kappa shape index (κ1) is 14.3. The second-order valence-corrected chi connectivity index (χ2v) is 4.92. The number of rotatable bonds is 5. The van der Waals surface area contributed by atoms with E-state index in [1.165, 1.54) is 0 Å². The number of nitrogens with zero attached hydrogens (tertiary/aromatic N) is 2. The zero-order chi connectivity index (χ0) is 13.9. The highest BCUT2D eigenvalue weighted by Gasteiger charge is 2.36. The first-order valence-electron chi connectivity index (χ1n) is 6.07. The summed E-state index contributed by atoms with van der Waals surface area (Å²) in [4.78, 5) is 4.22. The number of nitrogens with one attached hydrogen (secondary N) is 1. The third-order valence-electron chi connectivity index (χ3n) is 3.09. The second-order valence-electron chi connectivity index (χ2n) is 4.92. The molecule has 1 N–H and O–H groups in total. The Hall–Kier alpha value is -1.15. The predicted octanol–water partition coefficient (Wildman–Crippen LogP) is 1.44. The monoisotopic (exact) mass is 279 g/mol. The Morgan fingerprint density at radius 3 is 2.89 bits per heavy atom. The summed E-state index contributed by atoms with van der Waals surface area (Å²) in [6, 6.07) is 0. The normalized spacial score (nSPS) is 24.0. The number of alkyl halides is 3. The van der Waals surface area contributed by atoms with Crippen LogP contribution in [0.2, 0.25) is 0 Å². The lowest BCUT2D eigenvalue weighted by molar-refractivity contribution is -0.173. The molecular weight excluding hydrogens is 263 g/mol. The highest BCUT2D eigenvalue weighted by Crippen LogP contribution is 2.28. The molecule has 1 fully saturated rings. The van der Waals surface area contributed by atoms with Crippen molar-refractivity contribution in [2.75, 3.05) is 26.3 Å². The maximum Gasteiger partial charge on any atom is 0.411 e. The van der Waals surface area contributed by atoms with Crippen LogP contribution in [-0.2, 0) is 16.6 Å². The van der Waals surface area contributed by atoms with Crippen molar-refractivity contribution in [3.05, 3.63) is 11.7 Å². The Labute approximate surface area is 108 Å². The SMILES string of the molecule is CC1(c2nc(CCOCC(F)(F)F)no2)CCNC1. The number of ether oxygens (including phenoxy) is 1. The minimum Gasteiger partial charge on any atom is -0.372 e. The highest BCUT2D eigenvalue weighted by molar-refractivity contribution is 5.07. The third-order valence-corrected chi connectivity index (χ3v) is 3.09. The summed E-state index contributed by atoms with van der Waals surface area (Å²) in [5, 5.41) is 6.98. The van der Waals surface area contributed by atoms with Gasteiger partial charge in [-0.15, -0.1) is 0 Å². The molecule has 0 aliphatic carbocycles. The van der Waals surface area contributed by atoms with Crippen LogP contribution >= 0.6 is 0 Å². The van der Waals surface area contributed by atoms with E-state index in [0.29, 0.717) is 11.7 Å². The highest BCUT2D eigenvalue weighted by atomic mass is 19.4. The molecule has 5 nitrogen and oxygen atoms in total.